The summed E-state index contributed by atoms with van der Waals surface area (Å²) < 4.78 is 5.29. The molecule has 0 amide bonds. The number of aromatic nitrogens is 2. The van der Waals surface area contributed by atoms with Crippen LogP contribution in [0.25, 0.3) is 0 Å². The number of halogens is 1. The van der Waals surface area contributed by atoms with Crippen molar-refractivity contribution in [1.82, 2.24) is 15.5 Å². The molecule has 0 spiro atoms. The van der Waals surface area contributed by atoms with Crippen molar-refractivity contribution >= 4 is 11.6 Å². The Bertz CT molecular complexity index is 517. The van der Waals surface area contributed by atoms with E-state index in [0.717, 1.165) is 35.9 Å². The van der Waals surface area contributed by atoms with Gasteiger partial charge in [0.15, 0.2) is 5.82 Å². The van der Waals surface area contributed by atoms with E-state index in [4.69, 9.17) is 16.1 Å². The van der Waals surface area contributed by atoms with Gasteiger partial charge in [-0.3, -0.25) is 0 Å². The monoisotopic (exact) mass is 263 g/mol. The van der Waals surface area contributed by atoms with Crippen LogP contribution >= 0.6 is 11.6 Å². The standard InChI is InChI=1S/C13H14ClN3O/c14-11-3-1-9(2-4-11)7-12-16-13(17-18-12)10-5-6-15-8-10/h1-4,10,15H,5-8H2. The predicted molar refractivity (Wildman–Crippen MR) is 68.8 cm³/mol. The fraction of sp³-hybridized carbons (Fsp3) is 0.385. The molecule has 2 heterocycles. The maximum Gasteiger partial charge on any atom is 0.231 e. The first-order chi connectivity index (χ1) is 8.81. The molecule has 0 saturated carbocycles. The second-order valence-electron chi connectivity index (χ2n) is 4.54. The second kappa shape index (κ2) is 5.08. The van der Waals surface area contributed by atoms with Crippen LogP contribution < -0.4 is 5.32 Å². The van der Waals surface area contributed by atoms with Crippen LogP contribution in [0.15, 0.2) is 28.8 Å². The van der Waals surface area contributed by atoms with Crippen LogP contribution in [0.3, 0.4) is 0 Å². The molecule has 1 N–H and O–H groups in total. The number of benzene rings is 1. The lowest BCUT2D eigenvalue weighted by atomic mass is 10.1. The van der Waals surface area contributed by atoms with E-state index in [1.807, 2.05) is 24.3 Å². The fourth-order valence-corrected chi connectivity index (χ4v) is 2.28. The highest BCUT2D eigenvalue weighted by molar-refractivity contribution is 6.30. The normalized spacial score (nSPS) is 19.3. The molecule has 1 saturated heterocycles. The molecule has 1 aromatic heterocycles. The van der Waals surface area contributed by atoms with E-state index in [2.05, 4.69) is 15.5 Å². The van der Waals surface area contributed by atoms with Gasteiger partial charge in [0.1, 0.15) is 0 Å². The number of nitrogens with zero attached hydrogens (tertiary/aromatic N) is 2. The van der Waals surface area contributed by atoms with Crippen molar-refractivity contribution in [1.29, 1.82) is 0 Å². The smallest absolute Gasteiger partial charge is 0.231 e. The Morgan fingerprint density at radius 3 is 2.89 bits per heavy atom. The lowest BCUT2D eigenvalue weighted by molar-refractivity contribution is 0.376. The maximum absolute atomic E-state index is 5.85. The van der Waals surface area contributed by atoms with Crippen molar-refractivity contribution < 1.29 is 4.52 Å². The van der Waals surface area contributed by atoms with Crippen LogP contribution in [0.4, 0.5) is 0 Å². The fourth-order valence-electron chi connectivity index (χ4n) is 2.16. The molecule has 1 fully saturated rings. The zero-order valence-electron chi connectivity index (χ0n) is 9.90. The molecule has 4 nitrogen and oxygen atoms in total. The van der Waals surface area contributed by atoms with E-state index in [1.165, 1.54) is 0 Å². The first kappa shape index (κ1) is 11.7. The zero-order chi connectivity index (χ0) is 12.4. The van der Waals surface area contributed by atoms with Crippen LogP contribution in [0.5, 0.6) is 0 Å². The Kier molecular flexibility index (Phi) is 3.30. The average molecular weight is 264 g/mol. The van der Waals surface area contributed by atoms with Gasteiger partial charge < -0.3 is 9.84 Å². The van der Waals surface area contributed by atoms with Gasteiger partial charge in [-0.05, 0) is 30.7 Å². The zero-order valence-corrected chi connectivity index (χ0v) is 10.7. The number of nitrogens with one attached hydrogen (secondary N) is 1. The highest BCUT2D eigenvalue weighted by atomic mass is 35.5. The largest absolute Gasteiger partial charge is 0.339 e. The molecule has 18 heavy (non-hydrogen) atoms. The number of rotatable bonds is 3. The first-order valence-corrected chi connectivity index (χ1v) is 6.47. The highest BCUT2D eigenvalue weighted by Gasteiger charge is 2.21. The summed E-state index contributed by atoms with van der Waals surface area (Å²) >= 11 is 5.85. The Labute approximate surface area is 110 Å². The molecule has 1 aliphatic rings. The van der Waals surface area contributed by atoms with Crippen LogP contribution in [0.2, 0.25) is 5.02 Å². The lowest BCUT2D eigenvalue weighted by Crippen LogP contribution is -2.08. The van der Waals surface area contributed by atoms with Gasteiger partial charge in [-0.25, -0.2) is 0 Å². The third-order valence-electron chi connectivity index (χ3n) is 3.18. The number of hydrogen-bond acceptors (Lipinski definition) is 4. The van der Waals surface area contributed by atoms with Crippen LogP contribution in [-0.4, -0.2) is 23.2 Å². The molecule has 94 valence electrons. The Morgan fingerprint density at radius 1 is 1.33 bits per heavy atom. The van der Waals surface area contributed by atoms with E-state index in [9.17, 15) is 0 Å². The van der Waals surface area contributed by atoms with Gasteiger partial charge in [-0.2, -0.15) is 4.98 Å². The summed E-state index contributed by atoms with van der Waals surface area (Å²) in [6.45, 7) is 1.98. The summed E-state index contributed by atoms with van der Waals surface area (Å²) in [6, 6.07) is 7.69. The van der Waals surface area contributed by atoms with Gasteiger partial charge in [0.05, 0.1) is 6.42 Å². The van der Waals surface area contributed by atoms with E-state index in [1.54, 1.807) is 0 Å². The minimum absolute atomic E-state index is 0.396. The van der Waals surface area contributed by atoms with Crippen molar-refractivity contribution in [3.63, 3.8) is 0 Å². The molecule has 1 atom stereocenters. The molecular formula is C13H14ClN3O. The molecule has 0 aliphatic carbocycles. The Hall–Kier alpha value is -1.39. The third kappa shape index (κ3) is 2.54. The molecule has 1 unspecified atom stereocenters. The summed E-state index contributed by atoms with van der Waals surface area (Å²) in [6.07, 6.45) is 1.74. The van der Waals surface area contributed by atoms with Gasteiger partial charge in [0, 0.05) is 17.5 Å². The maximum atomic E-state index is 5.85. The van der Waals surface area contributed by atoms with Crippen molar-refractivity contribution in [2.24, 2.45) is 0 Å². The van der Waals surface area contributed by atoms with E-state index in [0.29, 0.717) is 18.2 Å². The van der Waals surface area contributed by atoms with E-state index >= 15 is 0 Å². The van der Waals surface area contributed by atoms with Gasteiger partial charge in [0.25, 0.3) is 0 Å². The van der Waals surface area contributed by atoms with Gasteiger partial charge in [0.2, 0.25) is 5.89 Å². The number of hydrogen-bond donors (Lipinski definition) is 1. The average Bonchev–Trinajstić information content (AvgIpc) is 3.02. The third-order valence-corrected chi connectivity index (χ3v) is 3.43. The van der Waals surface area contributed by atoms with Gasteiger partial charge >= 0.3 is 0 Å². The predicted octanol–water partition coefficient (Wildman–Crippen LogP) is 2.39. The van der Waals surface area contributed by atoms with Crippen molar-refractivity contribution in [3.05, 3.63) is 46.6 Å². The minimum atomic E-state index is 0.396. The van der Waals surface area contributed by atoms with Crippen molar-refractivity contribution in [2.75, 3.05) is 13.1 Å². The molecule has 5 heteroatoms. The molecule has 3 rings (SSSR count). The van der Waals surface area contributed by atoms with E-state index < -0.39 is 0 Å². The molecular weight excluding hydrogens is 250 g/mol. The first-order valence-electron chi connectivity index (χ1n) is 6.09. The summed E-state index contributed by atoms with van der Waals surface area (Å²) in [5.41, 5.74) is 1.12. The molecule has 1 aliphatic heterocycles. The van der Waals surface area contributed by atoms with Crippen LogP contribution in [0.1, 0.15) is 29.6 Å². The Morgan fingerprint density at radius 2 is 2.17 bits per heavy atom. The van der Waals surface area contributed by atoms with Crippen LogP contribution in [0, 0.1) is 0 Å². The summed E-state index contributed by atoms with van der Waals surface area (Å²) in [5.74, 6) is 1.89. The quantitative estimate of drug-likeness (QED) is 0.924. The minimum Gasteiger partial charge on any atom is -0.339 e. The Balaban J connectivity index is 1.71. The highest BCUT2D eigenvalue weighted by Crippen LogP contribution is 2.20. The van der Waals surface area contributed by atoms with E-state index in [-0.39, 0.29) is 0 Å². The van der Waals surface area contributed by atoms with Gasteiger partial charge in [-0.1, -0.05) is 28.9 Å². The molecule has 0 bridgehead atoms. The van der Waals surface area contributed by atoms with Crippen molar-refractivity contribution in [3.8, 4) is 0 Å². The summed E-state index contributed by atoms with van der Waals surface area (Å²) in [5, 5.41) is 8.10. The van der Waals surface area contributed by atoms with Crippen molar-refractivity contribution in [2.45, 2.75) is 18.8 Å². The molecule has 0 radical (unpaired) electrons. The lowest BCUT2D eigenvalue weighted by Gasteiger charge is -1.99. The summed E-state index contributed by atoms with van der Waals surface area (Å²) in [7, 11) is 0. The second-order valence-corrected chi connectivity index (χ2v) is 4.98. The van der Waals surface area contributed by atoms with Gasteiger partial charge in [-0.15, -0.1) is 0 Å². The topological polar surface area (TPSA) is 51.0 Å². The molecule has 2 aromatic rings. The summed E-state index contributed by atoms with van der Waals surface area (Å²) in [4.78, 5) is 4.46. The SMILES string of the molecule is Clc1ccc(Cc2nc(C3CCNC3)no2)cc1. The van der Waals surface area contributed by atoms with Crippen LogP contribution in [-0.2, 0) is 6.42 Å². The molecule has 1 aromatic carbocycles.